The molecule has 0 aliphatic rings. The van der Waals surface area contributed by atoms with Gasteiger partial charge in [-0.05, 0) is 70.6 Å². The van der Waals surface area contributed by atoms with Crippen LogP contribution in [0.25, 0.3) is 0 Å². The van der Waals surface area contributed by atoms with Crippen LogP contribution in [0.3, 0.4) is 0 Å². The molecule has 0 heterocycles. The third-order valence-corrected chi connectivity index (χ3v) is 8.46. The summed E-state index contributed by atoms with van der Waals surface area (Å²) in [5, 5.41) is 0. The van der Waals surface area contributed by atoms with Gasteiger partial charge < -0.3 is 14.2 Å². The second-order valence-corrected chi connectivity index (χ2v) is 13.5. The lowest BCUT2D eigenvalue weighted by Crippen LogP contribution is -2.30. The highest BCUT2D eigenvalue weighted by Crippen LogP contribution is 2.11. The lowest BCUT2D eigenvalue weighted by molar-refractivity contribution is -0.166. The zero-order chi connectivity index (χ0) is 38.0. The molecular weight excluding hydrogens is 649 g/mol. The van der Waals surface area contributed by atoms with Crippen LogP contribution in [-0.4, -0.2) is 37.2 Å². The minimum atomic E-state index is -0.813. The summed E-state index contributed by atoms with van der Waals surface area (Å²) in [6, 6.07) is 0. The van der Waals surface area contributed by atoms with Crippen molar-refractivity contribution in [2.24, 2.45) is 0 Å². The molecule has 1 atom stereocenters. The average Bonchev–Trinajstić information content (AvgIpc) is 3.14. The van der Waals surface area contributed by atoms with Crippen LogP contribution in [0.1, 0.15) is 181 Å². The van der Waals surface area contributed by atoms with Crippen molar-refractivity contribution in [1.82, 2.24) is 0 Å². The van der Waals surface area contributed by atoms with Gasteiger partial charge in [-0.2, -0.15) is 0 Å². The van der Waals surface area contributed by atoms with E-state index in [0.29, 0.717) is 19.3 Å². The average molecular weight is 725 g/mol. The lowest BCUT2D eigenvalue weighted by Gasteiger charge is -2.18. The lowest BCUT2D eigenvalue weighted by atomic mass is 10.1. The van der Waals surface area contributed by atoms with Gasteiger partial charge >= 0.3 is 17.9 Å². The third kappa shape index (κ3) is 38.1. The molecule has 0 saturated carbocycles. The molecule has 0 amide bonds. The predicted octanol–water partition coefficient (Wildman–Crippen LogP) is 13.1. The van der Waals surface area contributed by atoms with Crippen LogP contribution in [0, 0.1) is 0 Å². The van der Waals surface area contributed by atoms with Crippen LogP contribution in [0.5, 0.6) is 0 Å². The Kier molecular flexibility index (Phi) is 38.2. The van der Waals surface area contributed by atoms with Crippen LogP contribution in [0.2, 0.25) is 0 Å². The number of hydrogen-bond acceptors (Lipinski definition) is 6. The first-order chi connectivity index (χ1) is 25.5. The molecule has 0 N–H and O–H groups in total. The molecule has 0 fully saturated rings. The van der Waals surface area contributed by atoms with Gasteiger partial charge in [-0.3, -0.25) is 14.4 Å². The molecule has 0 spiro atoms. The maximum Gasteiger partial charge on any atom is 0.306 e. The molecule has 296 valence electrons. The van der Waals surface area contributed by atoms with Gasteiger partial charge in [-0.15, -0.1) is 0 Å². The van der Waals surface area contributed by atoms with Gasteiger partial charge in [0.1, 0.15) is 13.2 Å². The largest absolute Gasteiger partial charge is 0.462 e. The Balaban J connectivity index is 4.47. The van der Waals surface area contributed by atoms with Crippen molar-refractivity contribution in [2.75, 3.05) is 13.2 Å². The van der Waals surface area contributed by atoms with Gasteiger partial charge in [0, 0.05) is 19.3 Å². The number of allylic oxidation sites excluding steroid dienone is 12. The van der Waals surface area contributed by atoms with Crippen LogP contribution in [0.4, 0.5) is 0 Å². The van der Waals surface area contributed by atoms with Crippen molar-refractivity contribution in [3.05, 3.63) is 72.9 Å². The van der Waals surface area contributed by atoms with E-state index in [1.807, 2.05) is 12.2 Å². The minimum Gasteiger partial charge on any atom is -0.462 e. The quantitative estimate of drug-likeness (QED) is 0.0277. The Morgan fingerprint density at radius 3 is 1.31 bits per heavy atom. The Morgan fingerprint density at radius 2 is 0.808 bits per heavy atom. The zero-order valence-corrected chi connectivity index (χ0v) is 33.5. The Labute approximate surface area is 319 Å². The number of esters is 3. The van der Waals surface area contributed by atoms with Crippen LogP contribution in [-0.2, 0) is 28.6 Å². The van der Waals surface area contributed by atoms with E-state index in [2.05, 4.69) is 81.5 Å². The van der Waals surface area contributed by atoms with E-state index >= 15 is 0 Å². The normalized spacial score (nSPS) is 12.8. The molecular formula is C46H76O6. The van der Waals surface area contributed by atoms with E-state index in [1.54, 1.807) is 0 Å². The monoisotopic (exact) mass is 725 g/mol. The van der Waals surface area contributed by atoms with Gasteiger partial charge in [-0.1, -0.05) is 164 Å². The van der Waals surface area contributed by atoms with Crippen molar-refractivity contribution in [2.45, 2.75) is 187 Å². The van der Waals surface area contributed by atoms with Crippen molar-refractivity contribution >= 4 is 17.9 Å². The molecule has 6 heteroatoms. The molecule has 0 bridgehead atoms. The first kappa shape index (κ1) is 48.9. The zero-order valence-electron chi connectivity index (χ0n) is 33.5. The van der Waals surface area contributed by atoms with E-state index in [9.17, 15) is 14.4 Å². The number of carbonyl (C=O) groups is 3. The second kappa shape index (κ2) is 40.6. The summed E-state index contributed by atoms with van der Waals surface area (Å²) < 4.78 is 16.5. The standard InChI is InChI=1S/C46H76O6/c1-4-7-10-13-16-18-20-22-24-25-27-30-33-36-39-45(48)51-42-43(41-50-44(47)38-35-32-29-15-12-9-6-3)52-46(49)40-37-34-31-28-26-23-21-19-17-14-11-8-5-2/h8,11,13,16-17,19-20,22-23,26,31,34,43H,4-7,9-10,12,14-15,18,21,24-25,27-30,32-33,35-42H2,1-3H3/b11-8-,16-13-,19-17-,22-20-,26-23-,34-31-. The van der Waals surface area contributed by atoms with Gasteiger partial charge in [0.2, 0.25) is 0 Å². The summed E-state index contributed by atoms with van der Waals surface area (Å²) in [6.45, 7) is 6.33. The number of unbranched alkanes of at least 4 members (excludes halogenated alkanes) is 13. The van der Waals surface area contributed by atoms with E-state index in [1.165, 1.54) is 44.9 Å². The summed E-state index contributed by atoms with van der Waals surface area (Å²) in [7, 11) is 0. The summed E-state index contributed by atoms with van der Waals surface area (Å²) >= 11 is 0. The number of ether oxygens (including phenoxy) is 3. The summed E-state index contributed by atoms with van der Waals surface area (Å²) in [5.74, 6) is -1.02. The smallest absolute Gasteiger partial charge is 0.306 e. The Bertz CT molecular complexity index is 1020. The molecule has 0 aromatic rings. The molecule has 0 aliphatic carbocycles. The molecule has 0 aromatic carbocycles. The van der Waals surface area contributed by atoms with Gasteiger partial charge in [0.25, 0.3) is 0 Å². The van der Waals surface area contributed by atoms with E-state index in [0.717, 1.165) is 89.9 Å². The summed E-state index contributed by atoms with van der Waals surface area (Å²) in [5.41, 5.74) is 0. The van der Waals surface area contributed by atoms with Crippen molar-refractivity contribution in [3.8, 4) is 0 Å². The van der Waals surface area contributed by atoms with Gasteiger partial charge in [0.15, 0.2) is 6.10 Å². The number of rotatable bonds is 36. The molecule has 52 heavy (non-hydrogen) atoms. The molecule has 6 nitrogen and oxygen atoms in total. The molecule has 1 unspecified atom stereocenters. The molecule has 0 aliphatic heterocycles. The molecule has 0 rings (SSSR count). The highest BCUT2D eigenvalue weighted by atomic mass is 16.6. The van der Waals surface area contributed by atoms with Crippen LogP contribution in [0.15, 0.2) is 72.9 Å². The highest BCUT2D eigenvalue weighted by Gasteiger charge is 2.19. The van der Waals surface area contributed by atoms with Crippen molar-refractivity contribution in [1.29, 1.82) is 0 Å². The maximum atomic E-state index is 12.6. The molecule has 0 radical (unpaired) electrons. The van der Waals surface area contributed by atoms with E-state index in [4.69, 9.17) is 14.2 Å². The highest BCUT2D eigenvalue weighted by molar-refractivity contribution is 5.71. The van der Waals surface area contributed by atoms with Crippen molar-refractivity contribution in [3.63, 3.8) is 0 Å². The maximum absolute atomic E-state index is 12.6. The SMILES string of the molecule is CC/C=C\C/C=C\C/C=C\C/C=C\CCC(=O)OC(COC(=O)CCCCCCC/C=C\C/C=C\CCCC)COC(=O)CCCCCCCCC. The van der Waals surface area contributed by atoms with E-state index in [-0.39, 0.29) is 31.6 Å². The van der Waals surface area contributed by atoms with Gasteiger partial charge in [0.05, 0.1) is 0 Å². The molecule has 0 aromatic heterocycles. The topological polar surface area (TPSA) is 78.9 Å². The number of carbonyl (C=O) groups excluding carboxylic acids is 3. The minimum absolute atomic E-state index is 0.109. The Hall–Kier alpha value is -3.15. The number of hydrogen-bond donors (Lipinski definition) is 0. The summed E-state index contributed by atoms with van der Waals surface area (Å²) in [6.07, 6.45) is 49.1. The van der Waals surface area contributed by atoms with E-state index < -0.39 is 12.1 Å². The third-order valence-electron chi connectivity index (χ3n) is 8.46. The predicted molar refractivity (Wildman–Crippen MR) is 219 cm³/mol. The van der Waals surface area contributed by atoms with Crippen molar-refractivity contribution < 1.29 is 28.6 Å². The van der Waals surface area contributed by atoms with Crippen LogP contribution >= 0.6 is 0 Å². The fraction of sp³-hybridized carbons (Fsp3) is 0.674. The first-order valence-electron chi connectivity index (χ1n) is 20.9. The first-order valence-corrected chi connectivity index (χ1v) is 20.9. The van der Waals surface area contributed by atoms with Gasteiger partial charge in [-0.25, -0.2) is 0 Å². The fourth-order valence-electron chi connectivity index (χ4n) is 5.29. The fourth-order valence-corrected chi connectivity index (χ4v) is 5.29. The van der Waals surface area contributed by atoms with Crippen LogP contribution < -0.4 is 0 Å². The Morgan fingerprint density at radius 1 is 0.404 bits per heavy atom. The second-order valence-electron chi connectivity index (χ2n) is 13.5. The summed E-state index contributed by atoms with van der Waals surface area (Å²) in [4.78, 5) is 37.4. The molecule has 0 saturated heterocycles.